The first-order valence-electron chi connectivity index (χ1n) is 7.70. The van der Waals surface area contributed by atoms with Crippen LogP contribution >= 0.6 is 0 Å². The molecule has 2 N–H and O–H groups in total. The van der Waals surface area contributed by atoms with Gasteiger partial charge in [0.15, 0.2) is 0 Å². The Kier molecular flexibility index (Phi) is 3.02. The summed E-state index contributed by atoms with van der Waals surface area (Å²) in [6.07, 6.45) is 7.57. The molecule has 0 aromatic heterocycles. The fraction of sp³-hybridized carbons (Fsp3) is 1.00. The zero-order valence-electron chi connectivity index (χ0n) is 11.9. The number of hydrogen-bond acceptors (Lipinski definition) is 2. The molecule has 3 saturated carbocycles. The Hall–Kier alpha value is -0.0800. The Morgan fingerprint density at radius 2 is 1.50 bits per heavy atom. The average molecular weight is 252 g/mol. The molecule has 0 amide bonds. The first-order valence-corrected chi connectivity index (χ1v) is 7.70. The van der Waals surface area contributed by atoms with Crippen LogP contribution in [0.5, 0.6) is 0 Å². The van der Waals surface area contributed by atoms with Gasteiger partial charge in [0.25, 0.3) is 0 Å². The van der Waals surface area contributed by atoms with Crippen LogP contribution in [-0.4, -0.2) is 23.4 Å². The molecule has 0 aromatic rings. The predicted molar refractivity (Wildman–Crippen MR) is 72.0 cm³/mol. The molecule has 0 heterocycles. The standard InChI is InChI=1S/C16H28O2/c1-15(9-17)4-3-13-11-5-12(14(13)8-15)7-16(2,6-11)10-18/h11-14,17-18H,3-10H2,1-2H3/t11?,12?,13?,14?,15?,16-/m0/s1. The van der Waals surface area contributed by atoms with Gasteiger partial charge in [0.1, 0.15) is 0 Å². The van der Waals surface area contributed by atoms with E-state index in [0.29, 0.717) is 13.2 Å². The SMILES string of the molecule is CC1(CO)CCC2C3CC(C[C@@](C)(CO)C3)C2C1. The van der Waals surface area contributed by atoms with Crippen molar-refractivity contribution in [3.63, 3.8) is 0 Å². The van der Waals surface area contributed by atoms with Gasteiger partial charge in [-0.1, -0.05) is 13.8 Å². The molecule has 2 heteroatoms. The molecule has 6 atom stereocenters. The van der Waals surface area contributed by atoms with Crippen molar-refractivity contribution in [1.29, 1.82) is 0 Å². The number of rotatable bonds is 2. The summed E-state index contributed by atoms with van der Waals surface area (Å²) in [7, 11) is 0. The summed E-state index contributed by atoms with van der Waals surface area (Å²) in [5, 5.41) is 19.3. The van der Waals surface area contributed by atoms with Crippen molar-refractivity contribution < 1.29 is 10.2 Å². The second kappa shape index (κ2) is 4.21. The van der Waals surface area contributed by atoms with Crippen molar-refractivity contribution >= 4 is 0 Å². The molecular formula is C16H28O2. The van der Waals surface area contributed by atoms with Crippen LogP contribution in [0.2, 0.25) is 0 Å². The van der Waals surface area contributed by atoms with Gasteiger partial charge < -0.3 is 10.2 Å². The van der Waals surface area contributed by atoms with Gasteiger partial charge in [0.2, 0.25) is 0 Å². The van der Waals surface area contributed by atoms with E-state index in [0.717, 1.165) is 23.7 Å². The molecule has 18 heavy (non-hydrogen) atoms. The van der Waals surface area contributed by atoms with Crippen LogP contribution in [0.25, 0.3) is 0 Å². The monoisotopic (exact) mass is 252 g/mol. The lowest BCUT2D eigenvalue weighted by atomic mass is 9.65. The molecule has 3 aliphatic rings. The summed E-state index contributed by atoms with van der Waals surface area (Å²) in [5.41, 5.74) is 0.356. The first kappa shape index (κ1) is 12.9. The van der Waals surface area contributed by atoms with Crippen LogP contribution in [0.15, 0.2) is 0 Å². The lowest BCUT2D eigenvalue weighted by Gasteiger charge is -2.41. The number of fused-ring (bicyclic) bond motifs is 5. The van der Waals surface area contributed by atoms with Crippen LogP contribution in [0.1, 0.15) is 52.4 Å². The third kappa shape index (κ3) is 1.92. The van der Waals surface area contributed by atoms with Gasteiger partial charge in [-0.3, -0.25) is 0 Å². The smallest absolute Gasteiger partial charge is 0.0484 e. The van der Waals surface area contributed by atoms with Crippen molar-refractivity contribution in [3.8, 4) is 0 Å². The highest BCUT2D eigenvalue weighted by atomic mass is 16.3. The van der Waals surface area contributed by atoms with E-state index in [1.807, 2.05) is 0 Å². The van der Waals surface area contributed by atoms with E-state index < -0.39 is 0 Å². The van der Waals surface area contributed by atoms with E-state index in [1.165, 1.54) is 38.5 Å². The van der Waals surface area contributed by atoms with Gasteiger partial charge in [-0.15, -0.1) is 0 Å². The maximum absolute atomic E-state index is 9.66. The van der Waals surface area contributed by atoms with E-state index >= 15 is 0 Å². The van der Waals surface area contributed by atoms with Crippen molar-refractivity contribution in [2.75, 3.05) is 13.2 Å². The van der Waals surface area contributed by atoms with Crippen LogP contribution in [0, 0.1) is 34.5 Å². The minimum Gasteiger partial charge on any atom is -0.396 e. The quantitative estimate of drug-likeness (QED) is 0.793. The zero-order valence-corrected chi connectivity index (χ0v) is 11.9. The summed E-state index contributed by atoms with van der Waals surface area (Å²) in [4.78, 5) is 0. The normalized spacial score (nSPS) is 55.3. The molecule has 2 bridgehead atoms. The van der Waals surface area contributed by atoms with E-state index in [2.05, 4.69) is 13.8 Å². The molecule has 0 aliphatic heterocycles. The molecule has 0 spiro atoms. The average Bonchev–Trinajstić information content (AvgIpc) is 2.61. The summed E-state index contributed by atoms with van der Waals surface area (Å²) < 4.78 is 0. The minimum absolute atomic E-state index is 0.175. The largest absolute Gasteiger partial charge is 0.396 e. The Balaban J connectivity index is 1.80. The maximum Gasteiger partial charge on any atom is 0.0484 e. The van der Waals surface area contributed by atoms with Gasteiger partial charge in [-0.25, -0.2) is 0 Å². The topological polar surface area (TPSA) is 40.5 Å². The molecule has 5 unspecified atom stereocenters. The molecule has 104 valence electrons. The first-order chi connectivity index (χ1) is 8.49. The Morgan fingerprint density at radius 3 is 2.11 bits per heavy atom. The third-order valence-corrected chi connectivity index (χ3v) is 6.45. The van der Waals surface area contributed by atoms with Crippen LogP contribution in [0.3, 0.4) is 0 Å². The summed E-state index contributed by atoms with van der Waals surface area (Å²) in [6, 6.07) is 0. The van der Waals surface area contributed by atoms with Gasteiger partial charge in [0, 0.05) is 13.2 Å². The number of aliphatic hydroxyl groups excluding tert-OH is 2. The lowest BCUT2D eigenvalue weighted by molar-refractivity contribution is 0.0362. The van der Waals surface area contributed by atoms with E-state index in [1.54, 1.807) is 0 Å². The highest BCUT2D eigenvalue weighted by Crippen LogP contribution is 2.62. The molecule has 0 radical (unpaired) electrons. The molecule has 3 rings (SSSR count). The highest BCUT2D eigenvalue weighted by Gasteiger charge is 2.54. The predicted octanol–water partition coefficient (Wildman–Crippen LogP) is 2.83. The van der Waals surface area contributed by atoms with E-state index in [-0.39, 0.29) is 10.8 Å². The molecular weight excluding hydrogens is 224 g/mol. The van der Waals surface area contributed by atoms with Gasteiger partial charge in [-0.2, -0.15) is 0 Å². The zero-order chi connectivity index (χ0) is 13.0. The van der Waals surface area contributed by atoms with E-state index in [9.17, 15) is 10.2 Å². The maximum atomic E-state index is 9.66. The van der Waals surface area contributed by atoms with Crippen LogP contribution in [-0.2, 0) is 0 Å². The fourth-order valence-corrected chi connectivity index (χ4v) is 5.48. The Labute approximate surface area is 111 Å². The summed E-state index contributed by atoms with van der Waals surface area (Å²) >= 11 is 0. The van der Waals surface area contributed by atoms with Crippen molar-refractivity contribution in [3.05, 3.63) is 0 Å². The van der Waals surface area contributed by atoms with Crippen molar-refractivity contribution in [1.82, 2.24) is 0 Å². The molecule has 3 fully saturated rings. The highest BCUT2D eigenvalue weighted by molar-refractivity contribution is 5.03. The summed E-state index contributed by atoms with van der Waals surface area (Å²) in [5.74, 6) is 3.39. The third-order valence-electron chi connectivity index (χ3n) is 6.45. The molecule has 2 nitrogen and oxygen atoms in total. The van der Waals surface area contributed by atoms with Gasteiger partial charge >= 0.3 is 0 Å². The van der Waals surface area contributed by atoms with Crippen molar-refractivity contribution in [2.45, 2.75) is 52.4 Å². The number of aliphatic hydroxyl groups is 2. The molecule has 0 aromatic carbocycles. The summed E-state index contributed by atoms with van der Waals surface area (Å²) in [6.45, 7) is 5.24. The molecule has 3 aliphatic carbocycles. The van der Waals surface area contributed by atoms with E-state index in [4.69, 9.17) is 0 Å². The van der Waals surface area contributed by atoms with Crippen LogP contribution < -0.4 is 0 Å². The number of hydrogen-bond donors (Lipinski definition) is 2. The second-order valence-corrected chi connectivity index (χ2v) is 8.17. The van der Waals surface area contributed by atoms with Gasteiger partial charge in [0.05, 0.1) is 0 Å². The molecule has 0 saturated heterocycles. The lowest BCUT2D eigenvalue weighted by Crippen LogP contribution is -2.34. The Bertz CT molecular complexity index is 329. The Morgan fingerprint density at radius 1 is 0.889 bits per heavy atom. The van der Waals surface area contributed by atoms with Crippen molar-refractivity contribution in [2.24, 2.45) is 34.5 Å². The fourth-order valence-electron chi connectivity index (χ4n) is 5.48. The second-order valence-electron chi connectivity index (χ2n) is 8.17. The van der Waals surface area contributed by atoms with Crippen LogP contribution in [0.4, 0.5) is 0 Å². The van der Waals surface area contributed by atoms with Gasteiger partial charge in [-0.05, 0) is 73.0 Å². The minimum atomic E-state index is 0.175.